The van der Waals surface area contributed by atoms with Crippen LogP contribution in [0, 0.1) is 0 Å². The number of carbonyl (C=O) groups excluding carboxylic acids is 1. The Bertz CT molecular complexity index is 918. The fourth-order valence-corrected chi connectivity index (χ4v) is 3.34. The van der Waals surface area contributed by atoms with E-state index in [2.05, 4.69) is 53.5 Å². The molecular weight excluding hydrogens is 308 g/mol. The van der Waals surface area contributed by atoms with Crippen LogP contribution in [-0.4, -0.2) is 17.9 Å². The lowest BCUT2D eigenvalue weighted by Gasteiger charge is -2.12. The number of carbonyl (C=O) groups is 1. The Morgan fingerprint density at radius 3 is 2.56 bits per heavy atom. The Morgan fingerprint density at radius 1 is 0.920 bits per heavy atom. The number of aryl methyl sites for hydroxylation is 2. The average molecular weight is 328 g/mol. The number of hydrogen-bond acceptors (Lipinski definition) is 2. The lowest BCUT2D eigenvalue weighted by molar-refractivity contribution is -0.117. The number of benzene rings is 2. The molecule has 1 aromatic heterocycles. The van der Waals surface area contributed by atoms with Crippen molar-refractivity contribution in [2.24, 2.45) is 0 Å². The van der Waals surface area contributed by atoms with E-state index in [9.17, 15) is 4.79 Å². The van der Waals surface area contributed by atoms with Crippen LogP contribution in [0.2, 0.25) is 0 Å². The second-order valence-electron chi connectivity index (χ2n) is 6.54. The molecule has 1 aliphatic heterocycles. The topological polar surface area (TPSA) is 33.2 Å². The fourth-order valence-electron chi connectivity index (χ4n) is 3.34. The zero-order valence-corrected chi connectivity index (χ0v) is 14.3. The monoisotopic (exact) mass is 328 g/mol. The van der Waals surface area contributed by atoms with Crippen molar-refractivity contribution in [3.63, 3.8) is 0 Å². The molecule has 0 unspecified atom stereocenters. The minimum Gasteiger partial charge on any atom is -0.315 e. The molecule has 0 fully saturated rings. The van der Waals surface area contributed by atoms with E-state index in [1.807, 2.05) is 25.5 Å². The third-order valence-electron chi connectivity index (χ3n) is 4.84. The summed E-state index contributed by atoms with van der Waals surface area (Å²) in [7, 11) is 1.84. The van der Waals surface area contributed by atoms with Crippen molar-refractivity contribution in [3.05, 3.63) is 83.7 Å². The molecule has 4 rings (SSSR count). The highest BCUT2D eigenvalue weighted by molar-refractivity contribution is 6.01. The number of nitrogens with zero attached hydrogens (tertiary/aromatic N) is 2. The Morgan fingerprint density at radius 2 is 1.72 bits per heavy atom. The predicted octanol–water partition coefficient (Wildman–Crippen LogP) is 4.05. The zero-order chi connectivity index (χ0) is 17.2. The average Bonchev–Trinajstić information content (AvgIpc) is 2.95. The van der Waals surface area contributed by atoms with Crippen molar-refractivity contribution in [2.75, 3.05) is 11.9 Å². The van der Waals surface area contributed by atoms with E-state index in [1.54, 1.807) is 4.90 Å². The minimum absolute atomic E-state index is 0.155. The second kappa shape index (κ2) is 6.52. The molecule has 0 saturated heterocycles. The number of amides is 1. The highest BCUT2D eigenvalue weighted by Gasteiger charge is 2.24. The summed E-state index contributed by atoms with van der Waals surface area (Å²) >= 11 is 0. The van der Waals surface area contributed by atoms with Crippen molar-refractivity contribution >= 4 is 11.6 Å². The largest absolute Gasteiger partial charge is 0.315 e. The van der Waals surface area contributed by atoms with E-state index in [0.29, 0.717) is 6.42 Å². The number of hydrogen-bond donors (Lipinski definition) is 0. The van der Waals surface area contributed by atoms with Crippen LogP contribution < -0.4 is 4.90 Å². The van der Waals surface area contributed by atoms with E-state index in [4.69, 9.17) is 0 Å². The number of fused-ring (bicyclic) bond motifs is 1. The van der Waals surface area contributed by atoms with Crippen LogP contribution in [0.1, 0.15) is 16.7 Å². The molecule has 1 aliphatic rings. The summed E-state index contributed by atoms with van der Waals surface area (Å²) in [6, 6.07) is 19.0. The van der Waals surface area contributed by atoms with Gasteiger partial charge >= 0.3 is 0 Å². The molecule has 1 amide bonds. The normalized spacial score (nSPS) is 13.2. The molecule has 3 heteroatoms. The third-order valence-corrected chi connectivity index (χ3v) is 4.84. The molecule has 2 heterocycles. The molecule has 0 spiro atoms. The Labute approximate surface area is 148 Å². The number of likely N-dealkylation sites (N-methyl/N-ethyl adjacent to an activating group) is 1. The molecule has 0 atom stereocenters. The van der Waals surface area contributed by atoms with Gasteiger partial charge in [-0.2, -0.15) is 0 Å². The second-order valence-corrected chi connectivity index (χ2v) is 6.54. The van der Waals surface area contributed by atoms with Gasteiger partial charge < -0.3 is 4.90 Å². The van der Waals surface area contributed by atoms with Crippen molar-refractivity contribution < 1.29 is 4.79 Å². The molecule has 25 heavy (non-hydrogen) atoms. The smallest absolute Gasteiger partial charge is 0.231 e. The molecule has 0 saturated carbocycles. The van der Waals surface area contributed by atoms with Crippen molar-refractivity contribution in [1.29, 1.82) is 0 Å². The fraction of sp³-hybridized carbons (Fsp3) is 0.182. The van der Waals surface area contributed by atoms with Gasteiger partial charge in [-0.25, -0.2) is 0 Å². The van der Waals surface area contributed by atoms with E-state index >= 15 is 0 Å². The van der Waals surface area contributed by atoms with Crippen molar-refractivity contribution in [2.45, 2.75) is 19.3 Å². The first-order valence-electron chi connectivity index (χ1n) is 8.58. The molecule has 2 aromatic carbocycles. The van der Waals surface area contributed by atoms with E-state index in [-0.39, 0.29) is 5.91 Å². The van der Waals surface area contributed by atoms with Crippen LogP contribution >= 0.6 is 0 Å². The molecule has 0 radical (unpaired) electrons. The van der Waals surface area contributed by atoms with Crippen LogP contribution in [-0.2, 0) is 24.1 Å². The van der Waals surface area contributed by atoms with Gasteiger partial charge in [-0.15, -0.1) is 0 Å². The van der Waals surface area contributed by atoms with Gasteiger partial charge in [0.05, 0.1) is 6.42 Å². The number of aromatic nitrogens is 1. The molecule has 0 N–H and O–H groups in total. The number of anilines is 1. The SMILES string of the molecule is CN1C(=O)Cc2ccc(-c3cncc(CCc4ccccc4)c3)cc21. The summed E-state index contributed by atoms with van der Waals surface area (Å²) in [4.78, 5) is 18.0. The first-order valence-corrected chi connectivity index (χ1v) is 8.58. The number of pyridine rings is 1. The highest BCUT2D eigenvalue weighted by Crippen LogP contribution is 2.32. The first kappa shape index (κ1) is 15.6. The van der Waals surface area contributed by atoms with Crippen LogP contribution in [0.4, 0.5) is 5.69 Å². The summed E-state index contributed by atoms with van der Waals surface area (Å²) in [5.74, 6) is 0.155. The van der Waals surface area contributed by atoms with E-state index < -0.39 is 0 Å². The molecule has 0 bridgehead atoms. The molecular formula is C22H20N2O. The summed E-state index contributed by atoms with van der Waals surface area (Å²) in [6.07, 6.45) is 6.31. The maximum Gasteiger partial charge on any atom is 0.231 e. The summed E-state index contributed by atoms with van der Waals surface area (Å²) in [5.41, 5.74) is 6.88. The summed E-state index contributed by atoms with van der Waals surface area (Å²) in [5, 5.41) is 0. The van der Waals surface area contributed by atoms with E-state index in [0.717, 1.165) is 35.2 Å². The highest BCUT2D eigenvalue weighted by atomic mass is 16.2. The van der Waals surface area contributed by atoms with E-state index in [1.165, 1.54) is 11.1 Å². The maximum atomic E-state index is 11.9. The van der Waals surface area contributed by atoms with Gasteiger partial charge in [-0.1, -0.05) is 42.5 Å². The van der Waals surface area contributed by atoms with Gasteiger partial charge in [0, 0.05) is 30.7 Å². The molecule has 3 aromatic rings. The number of rotatable bonds is 4. The van der Waals surface area contributed by atoms with Crippen molar-refractivity contribution in [3.8, 4) is 11.1 Å². The lowest BCUT2D eigenvalue weighted by Crippen LogP contribution is -2.20. The lowest BCUT2D eigenvalue weighted by atomic mass is 10.0. The Balaban J connectivity index is 1.57. The Hall–Kier alpha value is -2.94. The van der Waals surface area contributed by atoms with Crippen LogP contribution in [0.15, 0.2) is 67.0 Å². The molecule has 124 valence electrons. The van der Waals surface area contributed by atoms with Crippen LogP contribution in [0.3, 0.4) is 0 Å². The molecule has 0 aliphatic carbocycles. The van der Waals surface area contributed by atoms with Gasteiger partial charge in [0.2, 0.25) is 5.91 Å². The van der Waals surface area contributed by atoms with Gasteiger partial charge in [-0.05, 0) is 47.2 Å². The third kappa shape index (κ3) is 3.18. The standard InChI is InChI=1S/C22H20N2O/c1-24-21-12-18(9-10-19(21)13-22(24)25)20-11-17(14-23-15-20)8-7-16-5-3-2-4-6-16/h2-6,9-12,14-15H,7-8,13H2,1H3. The summed E-state index contributed by atoms with van der Waals surface area (Å²) in [6.45, 7) is 0. The van der Waals surface area contributed by atoms with Crippen LogP contribution in [0.5, 0.6) is 0 Å². The zero-order valence-electron chi connectivity index (χ0n) is 14.3. The van der Waals surface area contributed by atoms with Gasteiger partial charge in [0.15, 0.2) is 0 Å². The van der Waals surface area contributed by atoms with Crippen LogP contribution in [0.25, 0.3) is 11.1 Å². The molecule has 3 nitrogen and oxygen atoms in total. The van der Waals surface area contributed by atoms with Crippen molar-refractivity contribution in [1.82, 2.24) is 4.98 Å². The maximum absolute atomic E-state index is 11.9. The Kier molecular flexibility index (Phi) is 4.06. The van der Waals surface area contributed by atoms with Gasteiger partial charge in [0.25, 0.3) is 0 Å². The quantitative estimate of drug-likeness (QED) is 0.724. The predicted molar refractivity (Wildman–Crippen MR) is 101 cm³/mol. The summed E-state index contributed by atoms with van der Waals surface area (Å²) < 4.78 is 0. The first-order chi connectivity index (χ1) is 12.2. The van der Waals surface area contributed by atoms with Gasteiger partial charge in [-0.3, -0.25) is 9.78 Å². The minimum atomic E-state index is 0.155. The van der Waals surface area contributed by atoms with Gasteiger partial charge in [0.1, 0.15) is 0 Å².